The molecule has 0 bridgehead atoms. The van der Waals surface area contributed by atoms with Gasteiger partial charge in [0, 0.05) is 34.7 Å². The van der Waals surface area contributed by atoms with Crippen molar-refractivity contribution in [2.45, 2.75) is 25.7 Å². The molecule has 2 amide bonds. The third-order valence-electron chi connectivity index (χ3n) is 6.65. The Bertz CT molecular complexity index is 1690. The summed E-state index contributed by atoms with van der Waals surface area (Å²) in [4.78, 5) is 34.0. The number of aromatic nitrogens is 2. The Hall–Kier alpha value is -4.40. The Morgan fingerprint density at radius 2 is 1.00 bits per heavy atom. The minimum absolute atomic E-state index is 0.0974. The van der Waals surface area contributed by atoms with Crippen molar-refractivity contribution in [3.05, 3.63) is 95.7 Å². The monoisotopic (exact) mass is 562 g/mol. The van der Waals surface area contributed by atoms with Crippen molar-refractivity contribution in [3.8, 4) is 22.5 Å². The Balaban J connectivity index is 0.948. The molecule has 8 heteroatoms. The number of hydrogen-bond acceptors (Lipinski definition) is 6. The molecule has 0 aliphatic rings. The lowest BCUT2D eigenvalue weighted by Crippen LogP contribution is -2.13. The molecular formula is C32H26N4O2S2. The lowest BCUT2D eigenvalue weighted by atomic mass is 10.1. The lowest BCUT2D eigenvalue weighted by Gasteiger charge is -2.04. The van der Waals surface area contributed by atoms with Crippen LogP contribution in [0, 0.1) is 0 Å². The number of thiazole rings is 2. The van der Waals surface area contributed by atoms with Gasteiger partial charge in [0.1, 0.15) is 0 Å². The minimum Gasteiger partial charge on any atom is -0.302 e. The first-order valence-electron chi connectivity index (χ1n) is 13.1. The van der Waals surface area contributed by atoms with Gasteiger partial charge in [0.2, 0.25) is 11.8 Å². The molecule has 6 nitrogen and oxygen atoms in total. The predicted octanol–water partition coefficient (Wildman–Crippen LogP) is 8.38. The van der Waals surface area contributed by atoms with Crippen LogP contribution in [0.15, 0.2) is 95.7 Å². The molecule has 0 radical (unpaired) electrons. The number of unbranched alkanes of at least 4 members (excludes halogenated alkanes) is 1. The highest BCUT2D eigenvalue weighted by Gasteiger charge is 2.11. The van der Waals surface area contributed by atoms with Crippen LogP contribution >= 0.6 is 22.7 Å². The molecule has 0 unspecified atom stereocenters. The summed E-state index contributed by atoms with van der Waals surface area (Å²) in [6, 6.07) is 28.9. The maximum Gasteiger partial charge on any atom is 0.226 e. The van der Waals surface area contributed by atoms with Crippen molar-refractivity contribution >= 4 is 66.3 Å². The highest BCUT2D eigenvalue weighted by atomic mass is 32.1. The van der Waals surface area contributed by atoms with Crippen LogP contribution in [0.4, 0.5) is 10.3 Å². The summed E-state index contributed by atoms with van der Waals surface area (Å²) < 4.78 is 0. The molecular weight excluding hydrogens is 537 g/mol. The van der Waals surface area contributed by atoms with Crippen LogP contribution in [-0.2, 0) is 9.59 Å². The lowest BCUT2D eigenvalue weighted by molar-refractivity contribution is -0.118. The van der Waals surface area contributed by atoms with E-state index in [9.17, 15) is 9.59 Å². The van der Waals surface area contributed by atoms with E-state index in [0.29, 0.717) is 35.9 Å². The second-order valence-corrected chi connectivity index (χ2v) is 11.2. The molecule has 0 saturated carbocycles. The number of nitrogens with one attached hydrogen (secondary N) is 2. The van der Waals surface area contributed by atoms with Gasteiger partial charge in [0.15, 0.2) is 10.3 Å². The van der Waals surface area contributed by atoms with Gasteiger partial charge in [-0.3, -0.25) is 9.59 Å². The van der Waals surface area contributed by atoms with Gasteiger partial charge in [-0.15, -0.1) is 22.7 Å². The summed E-state index contributed by atoms with van der Waals surface area (Å²) >= 11 is 2.82. The Labute approximate surface area is 239 Å². The van der Waals surface area contributed by atoms with E-state index in [-0.39, 0.29) is 11.8 Å². The molecule has 4 aromatic carbocycles. The average Bonchev–Trinajstić information content (AvgIpc) is 3.65. The second-order valence-electron chi connectivity index (χ2n) is 9.50. The van der Waals surface area contributed by atoms with Crippen molar-refractivity contribution < 1.29 is 9.59 Å². The maximum absolute atomic E-state index is 12.4. The van der Waals surface area contributed by atoms with Crippen molar-refractivity contribution in [1.82, 2.24) is 9.97 Å². The molecule has 198 valence electrons. The van der Waals surface area contributed by atoms with Crippen LogP contribution in [0.5, 0.6) is 0 Å². The van der Waals surface area contributed by atoms with Gasteiger partial charge >= 0.3 is 0 Å². The first-order valence-corrected chi connectivity index (χ1v) is 14.9. The molecule has 0 aliphatic heterocycles. The summed E-state index contributed by atoms with van der Waals surface area (Å²) in [7, 11) is 0. The number of carbonyl (C=O) groups excluding carboxylic acids is 2. The van der Waals surface area contributed by atoms with Gasteiger partial charge in [0.05, 0.1) is 11.4 Å². The number of hydrogen-bond donors (Lipinski definition) is 2. The fourth-order valence-corrected chi connectivity index (χ4v) is 6.03. The van der Waals surface area contributed by atoms with Gasteiger partial charge in [-0.05, 0) is 46.5 Å². The zero-order valence-electron chi connectivity index (χ0n) is 21.6. The Morgan fingerprint density at radius 3 is 1.45 bits per heavy atom. The van der Waals surface area contributed by atoms with Crippen LogP contribution in [0.3, 0.4) is 0 Å². The van der Waals surface area contributed by atoms with E-state index in [2.05, 4.69) is 69.1 Å². The normalized spacial score (nSPS) is 11.1. The molecule has 2 aromatic heterocycles. The van der Waals surface area contributed by atoms with Gasteiger partial charge in [-0.25, -0.2) is 9.97 Å². The van der Waals surface area contributed by atoms with E-state index in [1.807, 2.05) is 47.2 Å². The standard InChI is InChI=1S/C32H26N4O2S2/c37-29(35-31-33-27(19-39-31)25-15-13-21-7-1-3-9-23(21)17-25)11-5-6-12-30(38)36-32-34-28(20-40-32)26-16-14-22-8-2-4-10-24(22)18-26/h1-4,7-10,13-20H,5-6,11-12H2,(H,33,35,37)(H,34,36,38). The smallest absolute Gasteiger partial charge is 0.226 e. The van der Waals surface area contributed by atoms with E-state index in [1.165, 1.54) is 33.4 Å². The SMILES string of the molecule is O=C(CCCCC(=O)Nc1nc(-c2ccc3ccccc3c2)cs1)Nc1nc(-c2ccc3ccccc3c2)cs1. The molecule has 0 atom stereocenters. The summed E-state index contributed by atoms with van der Waals surface area (Å²) in [6.07, 6.45) is 1.90. The van der Waals surface area contributed by atoms with Crippen LogP contribution in [0.25, 0.3) is 44.1 Å². The molecule has 0 fully saturated rings. The van der Waals surface area contributed by atoms with E-state index in [0.717, 1.165) is 33.3 Å². The third-order valence-corrected chi connectivity index (χ3v) is 8.16. The van der Waals surface area contributed by atoms with E-state index in [1.54, 1.807) is 0 Å². The fourth-order valence-electron chi connectivity index (χ4n) is 4.56. The molecule has 0 aliphatic carbocycles. The van der Waals surface area contributed by atoms with Gasteiger partial charge in [-0.2, -0.15) is 0 Å². The third kappa shape index (κ3) is 6.09. The second kappa shape index (κ2) is 11.8. The van der Waals surface area contributed by atoms with Crippen molar-refractivity contribution in [1.29, 1.82) is 0 Å². The highest BCUT2D eigenvalue weighted by Crippen LogP contribution is 2.29. The van der Waals surface area contributed by atoms with Gasteiger partial charge < -0.3 is 10.6 Å². The van der Waals surface area contributed by atoms with Crippen molar-refractivity contribution in [2.75, 3.05) is 10.6 Å². The number of rotatable bonds is 9. The molecule has 0 spiro atoms. The molecule has 2 N–H and O–H groups in total. The Kier molecular flexibility index (Phi) is 7.61. The highest BCUT2D eigenvalue weighted by molar-refractivity contribution is 7.14. The number of benzene rings is 4. The van der Waals surface area contributed by atoms with Crippen molar-refractivity contribution in [3.63, 3.8) is 0 Å². The van der Waals surface area contributed by atoms with E-state index in [4.69, 9.17) is 0 Å². The summed E-state index contributed by atoms with van der Waals surface area (Å²) in [5.41, 5.74) is 3.72. The largest absolute Gasteiger partial charge is 0.302 e. The van der Waals surface area contributed by atoms with Gasteiger partial charge in [0.25, 0.3) is 0 Å². The van der Waals surface area contributed by atoms with Crippen LogP contribution in [0.2, 0.25) is 0 Å². The van der Waals surface area contributed by atoms with Crippen LogP contribution < -0.4 is 10.6 Å². The average molecular weight is 563 g/mol. The maximum atomic E-state index is 12.4. The molecule has 0 saturated heterocycles. The summed E-state index contributed by atoms with van der Waals surface area (Å²) in [5.74, 6) is -0.195. The van der Waals surface area contributed by atoms with E-state index >= 15 is 0 Å². The summed E-state index contributed by atoms with van der Waals surface area (Å²) in [6.45, 7) is 0. The first-order chi connectivity index (χ1) is 19.6. The van der Waals surface area contributed by atoms with Gasteiger partial charge in [-0.1, -0.05) is 72.8 Å². The first kappa shape index (κ1) is 25.9. The Morgan fingerprint density at radius 1 is 0.575 bits per heavy atom. The summed E-state index contributed by atoms with van der Waals surface area (Å²) in [5, 5.41) is 15.5. The fraction of sp³-hybridized carbons (Fsp3) is 0.125. The number of fused-ring (bicyclic) bond motifs is 2. The molecule has 6 rings (SSSR count). The van der Waals surface area contributed by atoms with Crippen LogP contribution in [-0.4, -0.2) is 21.8 Å². The molecule has 2 heterocycles. The molecule has 40 heavy (non-hydrogen) atoms. The zero-order valence-corrected chi connectivity index (χ0v) is 23.2. The zero-order chi connectivity index (χ0) is 27.3. The number of nitrogens with zero attached hydrogens (tertiary/aromatic N) is 2. The number of amides is 2. The number of carbonyl (C=O) groups is 2. The number of anilines is 2. The quantitative estimate of drug-likeness (QED) is 0.173. The van der Waals surface area contributed by atoms with E-state index < -0.39 is 0 Å². The van der Waals surface area contributed by atoms with Crippen LogP contribution in [0.1, 0.15) is 25.7 Å². The van der Waals surface area contributed by atoms with Crippen molar-refractivity contribution in [2.24, 2.45) is 0 Å². The topological polar surface area (TPSA) is 84.0 Å². The predicted molar refractivity (Wildman–Crippen MR) is 166 cm³/mol. The molecule has 6 aromatic rings. The minimum atomic E-state index is -0.0974.